The smallest absolute Gasteiger partial charge is 0.157 e. The van der Waals surface area contributed by atoms with Crippen molar-refractivity contribution in [1.29, 1.82) is 0 Å². The number of nitrogens with zero attached hydrogens (tertiary/aromatic N) is 1. The summed E-state index contributed by atoms with van der Waals surface area (Å²) in [5.74, 6) is 2.61. The van der Waals surface area contributed by atoms with Gasteiger partial charge in [0.15, 0.2) is 5.78 Å². The molecule has 0 aromatic rings. The highest BCUT2D eigenvalue weighted by atomic mass is 16.5. The molecule has 1 N–H and O–H groups in total. The zero-order chi connectivity index (χ0) is 10.4. The highest BCUT2D eigenvalue weighted by Gasteiger charge is 2.13. The van der Waals surface area contributed by atoms with Crippen LogP contribution in [0.25, 0.3) is 0 Å². The fourth-order valence-corrected chi connectivity index (χ4v) is 1.45. The maximum atomic E-state index is 11.1. The molecule has 0 unspecified atom stereocenters. The van der Waals surface area contributed by atoms with Crippen molar-refractivity contribution in [2.45, 2.75) is 32.1 Å². The molecule has 0 spiro atoms. The zero-order valence-corrected chi connectivity index (χ0v) is 8.20. The molecule has 0 bridgehead atoms. The van der Waals surface area contributed by atoms with Gasteiger partial charge in [0, 0.05) is 31.2 Å². The fourth-order valence-electron chi connectivity index (χ4n) is 1.45. The van der Waals surface area contributed by atoms with E-state index in [0.717, 1.165) is 30.0 Å². The summed E-state index contributed by atoms with van der Waals surface area (Å²) < 4.78 is 0. The molecule has 0 atom stereocenters. The molecular formula is C11H15NO2. The normalized spacial score (nSPS) is 16.0. The van der Waals surface area contributed by atoms with Crippen LogP contribution in [0.1, 0.15) is 32.1 Å². The van der Waals surface area contributed by atoms with E-state index < -0.39 is 0 Å². The molecule has 1 rings (SSSR count). The van der Waals surface area contributed by atoms with Gasteiger partial charge in [-0.3, -0.25) is 15.1 Å². The lowest BCUT2D eigenvalue weighted by atomic mass is 10.0. The molecule has 0 fully saturated rings. The molecule has 0 aliphatic heterocycles. The SMILES string of the molecule is C#CCCCN(O)C1=CC(=O)CCC1. The van der Waals surface area contributed by atoms with E-state index in [-0.39, 0.29) is 5.78 Å². The second-order valence-corrected chi connectivity index (χ2v) is 3.39. The molecule has 0 aromatic heterocycles. The van der Waals surface area contributed by atoms with Gasteiger partial charge in [0.2, 0.25) is 0 Å². The van der Waals surface area contributed by atoms with Gasteiger partial charge in [0.05, 0.1) is 0 Å². The number of unbranched alkanes of at least 4 members (excludes halogenated alkanes) is 1. The Bertz CT molecular complexity index is 276. The Morgan fingerprint density at radius 3 is 3.00 bits per heavy atom. The number of ketones is 1. The van der Waals surface area contributed by atoms with Gasteiger partial charge in [-0.25, -0.2) is 0 Å². The van der Waals surface area contributed by atoms with Gasteiger partial charge in [-0.05, 0) is 19.3 Å². The summed E-state index contributed by atoms with van der Waals surface area (Å²) in [6.45, 7) is 0.503. The number of terminal acetylenes is 1. The first-order valence-corrected chi connectivity index (χ1v) is 4.87. The summed E-state index contributed by atoms with van der Waals surface area (Å²) in [4.78, 5) is 11.1. The van der Waals surface area contributed by atoms with Crippen molar-refractivity contribution in [3.63, 3.8) is 0 Å². The van der Waals surface area contributed by atoms with Gasteiger partial charge >= 0.3 is 0 Å². The van der Waals surface area contributed by atoms with Crippen molar-refractivity contribution in [3.05, 3.63) is 11.8 Å². The third-order valence-electron chi connectivity index (χ3n) is 2.21. The van der Waals surface area contributed by atoms with Crippen LogP contribution < -0.4 is 0 Å². The van der Waals surface area contributed by atoms with Crippen molar-refractivity contribution < 1.29 is 10.0 Å². The zero-order valence-electron chi connectivity index (χ0n) is 8.20. The van der Waals surface area contributed by atoms with E-state index in [1.54, 1.807) is 0 Å². The van der Waals surface area contributed by atoms with Gasteiger partial charge < -0.3 is 0 Å². The number of hydroxylamine groups is 2. The number of carbonyl (C=O) groups is 1. The van der Waals surface area contributed by atoms with E-state index in [0.29, 0.717) is 19.4 Å². The van der Waals surface area contributed by atoms with Crippen molar-refractivity contribution in [2.75, 3.05) is 6.54 Å². The van der Waals surface area contributed by atoms with E-state index in [4.69, 9.17) is 6.42 Å². The maximum absolute atomic E-state index is 11.1. The van der Waals surface area contributed by atoms with Crippen LogP contribution in [0.5, 0.6) is 0 Å². The fraction of sp³-hybridized carbons (Fsp3) is 0.545. The number of hydrogen-bond acceptors (Lipinski definition) is 3. The van der Waals surface area contributed by atoms with Crippen LogP contribution in [0.3, 0.4) is 0 Å². The summed E-state index contributed by atoms with van der Waals surface area (Å²) in [5.41, 5.74) is 0.721. The van der Waals surface area contributed by atoms with E-state index in [2.05, 4.69) is 5.92 Å². The van der Waals surface area contributed by atoms with Gasteiger partial charge in [0.1, 0.15) is 0 Å². The third-order valence-corrected chi connectivity index (χ3v) is 2.21. The summed E-state index contributed by atoms with van der Waals surface area (Å²) >= 11 is 0. The Morgan fingerprint density at radius 1 is 1.57 bits per heavy atom. The van der Waals surface area contributed by atoms with Crippen LogP contribution in [-0.4, -0.2) is 22.6 Å². The van der Waals surface area contributed by atoms with Crippen LogP contribution in [0.4, 0.5) is 0 Å². The lowest BCUT2D eigenvalue weighted by molar-refractivity contribution is -0.116. The largest absolute Gasteiger partial charge is 0.295 e. The Hall–Kier alpha value is -1.27. The first kappa shape index (κ1) is 10.8. The number of hydrogen-bond donors (Lipinski definition) is 1. The molecule has 1 aliphatic rings. The molecule has 0 radical (unpaired) electrons. The minimum Gasteiger partial charge on any atom is -0.295 e. The number of rotatable bonds is 4. The molecule has 3 nitrogen and oxygen atoms in total. The van der Waals surface area contributed by atoms with Crippen LogP contribution in [0.15, 0.2) is 11.8 Å². The first-order chi connectivity index (χ1) is 6.74. The Kier molecular flexibility index (Phi) is 4.21. The second kappa shape index (κ2) is 5.46. The monoisotopic (exact) mass is 193 g/mol. The highest BCUT2D eigenvalue weighted by molar-refractivity contribution is 5.90. The molecule has 76 valence electrons. The van der Waals surface area contributed by atoms with Crippen molar-refractivity contribution in [1.82, 2.24) is 5.06 Å². The van der Waals surface area contributed by atoms with Gasteiger partial charge in [-0.1, -0.05) is 0 Å². The molecular weight excluding hydrogens is 178 g/mol. The van der Waals surface area contributed by atoms with E-state index in [1.165, 1.54) is 6.08 Å². The quantitative estimate of drug-likeness (QED) is 0.420. The van der Waals surface area contributed by atoms with Crippen molar-refractivity contribution in [3.8, 4) is 12.3 Å². The van der Waals surface area contributed by atoms with E-state index in [1.807, 2.05) is 0 Å². The summed E-state index contributed by atoms with van der Waals surface area (Å²) in [7, 11) is 0. The predicted molar refractivity (Wildman–Crippen MR) is 53.5 cm³/mol. The second-order valence-electron chi connectivity index (χ2n) is 3.39. The predicted octanol–water partition coefficient (Wildman–Crippen LogP) is 1.73. The Morgan fingerprint density at radius 2 is 2.36 bits per heavy atom. The Labute approximate surface area is 84.4 Å². The van der Waals surface area contributed by atoms with Crippen LogP contribution >= 0.6 is 0 Å². The standard InChI is InChI=1S/C11H15NO2/c1-2-3-4-8-12(14)10-6-5-7-11(13)9-10/h1,9,14H,3-8H2. The van der Waals surface area contributed by atoms with Crippen molar-refractivity contribution >= 4 is 5.78 Å². The van der Waals surface area contributed by atoms with E-state index in [9.17, 15) is 10.0 Å². The lowest BCUT2D eigenvalue weighted by Crippen LogP contribution is -2.22. The van der Waals surface area contributed by atoms with Gasteiger partial charge in [0.25, 0.3) is 0 Å². The molecule has 0 saturated carbocycles. The van der Waals surface area contributed by atoms with Gasteiger partial charge in [-0.15, -0.1) is 12.3 Å². The average molecular weight is 193 g/mol. The lowest BCUT2D eigenvalue weighted by Gasteiger charge is -2.22. The molecule has 1 aliphatic carbocycles. The van der Waals surface area contributed by atoms with Crippen molar-refractivity contribution in [2.24, 2.45) is 0 Å². The minimum absolute atomic E-state index is 0.0993. The van der Waals surface area contributed by atoms with Crippen LogP contribution in [0, 0.1) is 12.3 Å². The van der Waals surface area contributed by atoms with Crippen LogP contribution in [0.2, 0.25) is 0 Å². The van der Waals surface area contributed by atoms with Gasteiger partial charge in [-0.2, -0.15) is 0 Å². The Balaban J connectivity index is 2.40. The number of allylic oxidation sites excluding steroid dienone is 2. The average Bonchev–Trinajstić information content (AvgIpc) is 2.18. The molecule has 0 heterocycles. The third kappa shape index (κ3) is 3.23. The maximum Gasteiger partial charge on any atom is 0.157 e. The number of carbonyl (C=O) groups excluding carboxylic acids is 1. The minimum atomic E-state index is 0.0993. The molecule has 3 heteroatoms. The summed E-state index contributed by atoms with van der Waals surface area (Å²) in [6.07, 6.45) is 10.2. The summed E-state index contributed by atoms with van der Waals surface area (Å²) in [5, 5.41) is 10.7. The van der Waals surface area contributed by atoms with E-state index >= 15 is 0 Å². The molecule has 0 saturated heterocycles. The molecule has 0 aromatic carbocycles. The highest BCUT2D eigenvalue weighted by Crippen LogP contribution is 2.17. The molecule has 14 heavy (non-hydrogen) atoms. The summed E-state index contributed by atoms with van der Waals surface area (Å²) in [6, 6.07) is 0. The first-order valence-electron chi connectivity index (χ1n) is 4.87. The topological polar surface area (TPSA) is 40.5 Å². The molecule has 0 amide bonds. The van der Waals surface area contributed by atoms with Crippen LogP contribution in [-0.2, 0) is 4.79 Å².